The molecule has 4 heteroatoms. The molecule has 0 saturated carbocycles. The second-order valence-corrected chi connectivity index (χ2v) is 5.68. The molecule has 0 aliphatic rings. The van der Waals surface area contributed by atoms with E-state index in [0.717, 1.165) is 22.4 Å². The molecule has 2 heterocycles. The molecule has 0 unspecified atom stereocenters. The van der Waals surface area contributed by atoms with Crippen LogP contribution in [0.4, 0.5) is 0 Å². The predicted octanol–water partition coefficient (Wildman–Crippen LogP) is 3.52. The molecule has 3 rings (SSSR count). The van der Waals surface area contributed by atoms with Gasteiger partial charge in [-0.1, -0.05) is 30.7 Å². The van der Waals surface area contributed by atoms with Gasteiger partial charge in [0.2, 0.25) is 0 Å². The number of hydrogen-bond acceptors (Lipinski definition) is 3. The van der Waals surface area contributed by atoms with Gasteiger partial charge in [0, 0.05) is 10.4 Å². The van der Waals surface area contributed by atoms with Gasteiger partial charge in [0.1, 0.15) is 10.7 Å². The van der Waals surface area contributed by atoms with Gasteiger partial charge in [-0.3, -0.25) is 4.79 Å². The Bertz CT molecular complexity index is 801. The number of aromatic amines is 1. The van der Waals surface area contributed by atoms with Crippen LogP contribution in [0.2, 0.25) is 0 Å². The van der Waals surface area contributed by atoms with E-state index in [2.05, 4.69) is 16.9 Å². The lowest BCUT2D eigenvalue weighted by atomic mass is 10.1. The monoisotopic (exact) mass is 270 g/mol. The van der Waals surface area contributed by atoms with Crippen molar-refractivity contribution < 1.29 is 0 Å². The van der Waals surface area contributed by atoms with Crippen LogP contribution in [0.15, 0.2) is 35.1 Å². The van der Waals surface area contributed by atoms with Crippen molar-refractivity contribution in [3.05, 3.63) is 51.1 Å². The van der Waals surface area contributed by atoms with Crippen LogP contribution in [0, 0.1) is 6.92 Å². The second-order valence-electron chi connectivity index (χ2n) is 4.57. The largest absolute Gasteiger partial charge is 0.306 e. The fourth-order valence-electron chi connectivity index (χ4n) is 2.08. The van der Waals surface area contributed by atoms with Crippen LogP contribution in [-0.2, 0) is 6.42 Å². The van der Waals surface area contributed by atoms with Gasteiger partial charge in [0.15, 0.2) is 0 Å². The summed E-state index contributed by atoms with van der Waals surface area (Å²) in [6, 6.07) is 9.93. The number of rotatable bonds is 2. The average Bonchev–Trinajstić information content (AvgIpc) is 2.82. The van der Waals surface area contributed by atoms with Crippen molar-refractivity contribution >= 4 is 21.6 Å². The topological polar surface area (TPSA) is 45.8 Å². The number of nitrogens with one attached hydrogen (secondary N) is 1. The van der Waals surface area contributed by atoms with E-state index in [0.29, 0.717) is 11.2 Å². The first-order valence-electron chi connectivity index (χ1n) is 6.27. The van der Waals surface area contributed by atoms with Crippen molar-refractivity contribution in [1.29, 1.82) is 0 Å². The fraction of sp³-hybridized carbons (Fsp3) is 0.200. The van der Waals surface area contributed by atoms with Crippen LogP contribution in [0.1, 0.15) is 17.4 Å². The Balaban J connectivity index is 2.23. The lowest BCUT2D eigenvalue weighted by molar-refractivity contribution is 1.18. The fourth-order valence-corrected chi connectivity index (χ4v) is 3.05. The van der Waals surface area contributed by atoms with Crippen molar-refractivity contribution in [3.8, 4) is 11.4 Å². The molecule has 3 aromatic rings. The quantitative estimate of drug-likeness (QED) is 0.774. The predicted molar refractivity (Wildman–Crippen MR) is 79.8 cm³/mol. The Morgan fingerprint density at radius 3 is 2.89 bits per heavy atom. The highest BCUT2D eigenvalue weighted by molar-refractivity contribution is 7.18. The van der Waals surface area contributed by atoms with E-state index in [4.69, 9.17) is 0 Å². The third-order valence-corrected chi connectivity index (χ3v) is 4.27. The third kappa shape index (κ3) is 2.19. The minimum atomic E-state index is -0.0579. The van der Waals surface area contributed by atoms with Crippen LogP contribution in [-0.4, -0.2) is 9.97 Å². The molecule has 0 radical (unpaired) electrons. The smallest absolute Gasteiger partial charge is 0.259 e. The molecular weight excluding hydrogens is 256 g/mol. The highest BCUT2D eigenvalue weighted by Gasteiger charge is 2.09. The molecule has 0 aliphatic heterocycles. The maximum atomic E-state index is 12.1. The molecule has 0 saturated heterocycles. The Kier molecular flexibility index (Phi) is 2.95. The zero-order valence-electron chi connectivity index (χ0n) is 10.9. The van der Waals surface area contributed by atoms with E-state index >= 15 is 0 Å². The van der Waals surface area contributed by atoms with E-state index in [1.54, 1.807) is 11.3 Å². The number of aryl methyl sites for hydroxylation is 2. The Morgan fingerprint density at radius 2 is 2.16 bits per heavy atom. The zero-order valence-corrected chi connectivity index (χ0v) is 11.7. The number of thiophene rings is 1. The first kappa shape index (κ1) is 12.1. The van der Waals surface area contributed by atoms with Crippen LogP contribution in [0.5, 0.6) is 0 Å². The molecule has 1 aromatic carbocycles. The highest BCUT2D eigenvalue weighted by atomic mass is 32.1. The first-order valence-corrected chi connectivity index (χ1v) is 7.09. The molecule has 0 bridgehead atoms. The number of fused-ring (bicyclic) bond motifs is 1. The van der Waals surface area contributed by atoms with E-state index in [1.807, 2.05) is 37.3 Å². The van der Waals surface area contributed by atoms with Gasteiger partial charge in [-0.05, 0) is 25.5 Å². The maximum Gasteiger partial charge on any atom is 0.259 e. The van der Waals surface area contributed by atoms with Gasteiger partial charge in [-0.25, -0.2) is 4.98 Å². The third-order valence-electron chi connectivity index (χ3n) is 3.09. The number of benzene rings is 1. The summed E-state index contributed by atoms with van der Waals surface area (Å²) in [7, 11) is 0. The molecular formula is C15H14N2OS. The summed E-state index contributed by atoms with van der Waals surface area (Å²) in [6.45, 7) is 4.11. The Morgan fingerprint density at radius 1 is 1.32 bits per heavy atom. The van der Waals surface area contributed by atoms with Gasteiger partial charge < -0.3 is 4.98 Å². The summed E-state index contributed by atoms with van der Waals surface area (Å²) in [5.74, 6) is 0.644. The summed E-state index contributed by atoms with van der Waals surface area (Å²) in [6.07, 6.45) is 0.931. The first-order chi connectivity index (χ1) is 9.17. The van der Waals surface area contributed by atoms with Gasteiger partial charge in [-0.2, -0.15) is 0 Å². The maximum absolute atomic E-state index is 12.1. The number of aromatic nitrogens is 2. The summed E-state index contributed by atoms with van der Waals surface area (Å²) < 4.78 is 0. The molecule has 0 amide bonds. The van der Waals surface area contributed by atoms with Gasteiger partial charge >= 0.3 is 0 Å². The Hall–Kier alpha value is -1.94. The molecule has 0 fully saturated rings. The zero-order chi connectivity index (χ0) is 13.4. The summed E-state index contributed by atoms with van der Waals surface area (Å²) in [5.41, 5.74) is 2.04. The van der Waals surface area contributed by atoms with Crippen LogP contribution in [0.3, 0.4) is 0 Å². The van der Waals surface area contributed by atoms with Crippen LogP contribution < -0.4 is 5.56 Å². The van der Waals surface area contributed by atoms with Crippen LogP contribution in [0.25, 0.3) is 21.6 Å². The molecule has 3 nitrogen and oxygen atoms in total. The summed E-state index contributed by atoms with van der Waals surface area (Å²) in [5, 5.41) is 0.693. The van der Waals surface area contributed by atoms with Gasteiger partial charge in [0.25, 0.3) is 5.56 Å². The average molecular weight is 270 g/mol. The molecule has 1 N–H and O–H groups in total. The SMILES string of the molecule is CCc1cc2c(=O)[nH]c(-c3cccc(C)c3)nc2s1. The standard InChI is InChI=1S/C15H14N2OS/c1-3-11-8-12-14(18)16-13(17-15(12)19-11)10-6-4-5-9(2)7-10/h4-8H,3H2,1-2H3,(H,16,17,18). The van der Waals surface area contributed by atoms with Gasteiger partial charge in [0.05, 0.1) is 5.39 Å². The van der Waals surface area contributed by atoms with E-state index < -0.39 is 0 Å². The molecule has 19 heavy (non-hydrogen) atoms. The number of hydrogen-bond donors (Lipinski definition) is 1. The lowest BCUT2D eigenvalue weighted by Crippen LogP contribution is -2.07. The van der Waals surface area contributed by atoms with Crippen molar-refractivity contribution in [2.75, 3.05) is 0 Å². The summed E-state index contributed by atoms with van der Waals surface area (Å²) in [4.78, 5) is 21.6. The second kappa shape index (κ2) is 4.63. The lowest BCUT2D eigenvalue weighted by Gasteiger charge is -2.01. The molecule has 0 spiro atoms. The van der Waals surface area contributed by atoms with Crippen molar-refractivity contribution in [2.45, 2.75) is 20.3 Å². The normalized spacial score (nSPS) is 11.1. The van der Waals surface area contributed by atoms with Crippen LogP contribution >= 0.6 is 11.3 Å². The molecule has 0 atom stereocenters. The summed E-state index contributed by atoms with van der Waals surface area (Å²) >= 11 is 1.59. The highest BCUT2D eigenvalue weighted by Crippen LogP contribution is 2.24. The minimum absolute atomic E-state index is 0.0579. The van der Waals surface area contributed by atoms with E-state index in [9.17, 15) is 4.79 Å². The van der Waals surface area contributed by atoms with Crippen molar-refractivity contribution in [1.82, 2.24) is 9.97 Å². The molecule has 2 aromatic heterocycles. The van der Waals surface area contributed by atoms with Gasteiger partial charge in [-0.15, -0.1) is 11.3 Å². The van der Waals surface area contributed by atoms with Crippen molar-refractivity contribution in [2.24, 2.45) is 0 Å². The van der Waals surface area contributed by atoms with E-state index in [1.165, 1.54) is 4.88 Å². The minimum Gasteiger partial charge on any atom is -0.306 e. The Labute approximate surface area is 115 Å². The number of H-pyrrole nitrogens is 1. The molecule has 96 valence electrons. The van der Waals surface area contributed by atoms with E-state index in [-0.39, 0.29) is 5.56 Å². The molecule has 0 aliphatic carbocycles. The van der Waals surface area contributed by atoms with Crippen molar-refractivity contribution in [3.63, 3.8) is 0 Å². The number of nitrogens with zero attached hydrogens (tertiary/aromatic N) is 1.